The summed E-state index contributed by atoms with van der Waals surface area (Å²) >= 11 is 4.99. The lowest BCUT2D eigenvalue weighted by atomic mass is 10.2. The number of anilines is 2. The molecule has 192 valence electrons. The number of rotatable bonds is 7. The Morgan fingerprint density at radius 1 is 0.895 bits per heavy atom. The van der Waals surface area contributed by atoms with Crippen LogP contribution in [-0.4, -0.2) is 25.9 Å². The number of benzene rings is 4. The number of carbonyl (C=O) groups is 1. The summed E-state index contributed by atoms with van der Waals surface area (Å²) in [6.45, 7) is 3.86. The molecule has 1 aromatic heterocycles. The van der Waals surface area contributed by atoms with Crippen molar-refractivity contribution in [3.63, 3.8) is 0 Å². The standard InChI is InChI=1S/C29H24BrN3O3S2/c1-18-3-11-23(12-4-18)38(35,36)27-16-21(30)8-14-25(27)31-17-28(34)32-22-9-6-20(7-10-22)29-33-24-13-5-19(2)15-26(24)37-29/h3-16,31H,17H2,1-2H3,(H,32,34). The van der Waals surface area contributed by atoms with Gasteiger partial charge in [0.1, 0.15) is 5.01 Å². The van der Waals surface area contributed by atoms with E-state index in [0.29, 0.717) is 15.8 Å². The highest BCUT2D eigenvalue weighted by molar-refractivity contribution is 9.10. The molecule has 5 rings (SSSR count). The number of thiazole rings is 1. The van der Waals surface area contributed by atoms with E-state index in [1.807, 2.05) is 43.3 Å². The molecule has 6 nitrogen and oxygen atoms in total. The molecule has 0 saturated carbocycles. The maximum absolute atomic E-state index is 13.3. The van der Waals surface area contributed by atoms with E-state index in [0.717, 1.165) is 26.4 Å². The van der Waals surface area contributed by atoms with Crippen LogP contribution in [0.2, 0.25) is 0 Å². The molecule has 5 aromatic rings. The highest BCUT2D eigenvalue weighted by Crippen LogP contribution is 2.32. The Morgan fingerprint density at radius 2 is 1.61 bits per heavy atom. The number of amides is 1. The molecular weight excluding hydrogens is 582 g/mol. The number of fused-ring (bicyclic) bond motifs is 1. The fraction of sp³-hybridized carbons (Fsp3) is 0.103. The predicted molar refractivity (Wildman–Crippen MR) is 158 cm³/mol. The molecule has 0 fully saturated rings. The van der Waals surface area contributed by atoms with Gasteiger partial charge in [-0.25, -0.2) is 13.4 Å². The highest BCUT2D eigenvalue weighted by atomic mass is 79.9. The van der Waals surface area contributed by atoms with Crippen LogP contribution < -0.4 is 10.6 Å². The highest BCUT2D eigenvalue weighted by Gasteiger charge is 2.22. The third kappa shape index (κ3) is 5.65. The van der Waals surface area contributed by atoms with Gasteiger partial charge in [0.05, 0.1) is 32.2 Å². The molecule has 0 unspecified atom stereocenters. The van der Waals surface area contributed by atoms with E-state index < -0.39 is 9.84 Å². The number of halogens is 1. The number of aryl methyl sites for hydroxylation is 2. The van der Waals surface area contributed by atoms with Crippen molar-refractivity contribution < 1.29 is 13.2 Å². The van der Waals surface area contributed by atoms with Gasteiger partial charge in [0, 0.05) is 15.7 Å². The topological polar surface area (TPSA) is 88.2 Å². The quantitative estimate of drug-likeness (QED) is 0.204. The van der Waals surface area contributed by atoms with Gasteiger partial charge in [-0.1, -0.05) is 39.7 Å². The fourth-order valence-electron chi connectivity index (χ4n) is 3.94. The summed E-state index contributed by atoms with van der Waals surface area (Å²) in [6, 6.07) is 25.3. The van der Waals surface area contributed by atoms with Crippen LogP contribution in [-0.2, 0) is 14.6 Å². The second-order valence-electron chi connectivity index (χ2n) is 8.93. The van der Waals surface area contributed by atoms with Gasteiger partial charge in [-0.15, -0.1) is 11.3 Å². The van der Waals surface area contributed by atoms with E-state index in [9.17, 15) is 13.2 Å². The number of hydrogen-bond acceptors (Lipinski definition) is 6. The third-order valence-corrected chi connectivity index (χ3v) is 9.33. The van der Waals surface area contributed by atoms with Crippen LogP contribution in [0.3, 0.4) is 0 Å². The van der Waals surface area contributed by atoms with Gasteiger partial charge in [-0.05, 0) is 86.1 Å². The molecule has 0 aliphatic carbocycles. The number of sulfone groups is 1. The first-order valence-corrected chi connectivity index (χ1v) is 14.9. The molecular formula is C29H24BrN3O3S2. The molecule has 0 spiro atoms. The Labute approximate surface area is 233 Å². The maximum atomic E-state index is 13.3. The van der Waals surface area contributed by atoms with Crippen LogP contribution in [0.25, 0.3) is 20.8 Å². The fourth-order valence-corrected chi connectivity index (χ4v) is 6.98. The van der Waals surface area contributed by atoms with E-state index in [2.05, 4.69) is 39.6 Å². The Bertz CT molecular complexity index is 1750. The molecule has 0 saturated heterocycles. The Kier molecular flexibility index (Phi) is 7.34. The largest absolute Gasteiger partial charge is 0.375 e. The lowest BCUT2D eigenvalue weighted by molar-refractivity contribution is -0.114. The molecule has 38 heavy (non-hydrogen) atoms. The van der Waals surface area contributed by atoms with E-state index in [1.54, 1.807) is 47.7 Å². The number of hydrogen-bond donors (Lipinski definition) is 2. The monoisotopic (exact) mass is 605 g/mol. The van der Waals surface area contributed by atoms with Gasteiger partial charge < -0.3 is 10.6 Å². The molecule has 0 atom stereocenters. The van der Waals surface area contributed by atoms with Crippen LogP contribution in [0.15, 0.2) is 99.2 Å². The van der Waals surface area contributed by atoms with Crippen LogP contribution in [0.1, 0.15) is 11.1 Å². The number of aromatic nitrogens is 1. The summed E-state index contributed by atoms with van der Waals surface area (Å²) in [6.07, 6.45) is 0. The van der Waals surface area contributed by atoms with Crippen LogP contribution >= 0.6 is 27.3 Å². The lowest BCUT2D eigenvalue weighted by Gasteiger charge is -2.14. The van der Waals surface area contributed by atoms with E-state index in [4.69, 9.17) is 4.98 Å². The molecule has 0 aliphatic rings. The third-order valence-electron chi connectivity index (χ3n) is 5.96. The second-order valence-corrected chi connectivity index (χ2v) is 12.8. The molecule has 9 heteroatoms. The van der Waals surface area contributed by atoms with Crippen molar-refractivity contribution in [2.45, 2.75) is 23.6 Å². The molecule has 0 radical (unpaired) electrons. The zero-order valence-corrected chi connectivity index (χ0v) is 23.9. The molecule has 2 N–H and O–H groups in total. The number of carbonyl (C=O) groups excluding carboxylic acids is 1. The summed E-state index contributed by atoms with van der Waals surface area (Å²) in [7, 11) is -3.79. The normalized spacial score (nSPS) is 11.4. The van der Waals surface area contributed by atoms with E-state index in [1.165, 1.54) is 11.6 Å². The molecule has 0 aliphatic heterocycles. The van der Waals surface area contributed by atoms with Gasteiger partial charge in [-0.2, -0.15) is 0 Å². The minimum Gasteiger partial charge on any atom is -0.375 e. The average molecular weight is 607 g/mol. The SMILES string of the molecule is Cc1ccc(S(=O)(=O)c2cc(Br)ccc2NCC(=O)Nc2ccc(-c3nc4ccc(C)cc4s3)cc2)cc1. The molecule has 0 bridgehead atoms. The van der Waals surface area contributed by atoms with Crippen molar-refractivity contribution >= 4 is 64.6 Å². The van der Waals surface area contributed by atoms with Crippen LogP contribution in [0.4, 0.5) is 11.4 Å². The minimum atomic E-state index is -3.79. The summed E-state index contributed by atoms with van der Waals surface area (Å²) in [5.41, 5.74) is 5.10. The number of nitrogens with zero attached hydrogens (tertiary/aromatic N) is 1. The first-order chi connectivity index (χ1) is 18.2. The van der Waals surface area contributed by atoms with Crippen molar-refractivity contribution in [1.82, 2.24) is 4.98 Å². The van der Waals surface area contributed by atoms with E-state index in [-0.39, 0.29) is 22.2 Å². The first-order valence-electron chi connectivity index (χ1n) is 11.8. The smallest absolute Gasteiger partial charge is 0.243 e. The van der Waals surface area contributed by atoms with Crippen LogP contribution in [0, 0.1) is 13.8 Å². The lowest BCUT2D eigenvalue weighted by Crippen LogP contribution is -2.22. The Hall–Kier alpha value is -3.53. The van der Waals surface area contributed by atoms with Gasteiger partial charge in [0.2, 0.25) is 15.7 Å². The average Bonchev–Trinajstić information content (AvgIpc) is 3.32. The summed E-state index contributed by atoms with van der Waals surface area (Å²) in [5, 5.41) is 6.76. The predicted octanol–water partition coefficient (Wildman–Crippen LogP) is 7.23. The zero-order chi connectivity index (χ0) is 26.9. The van der Waals surface area contributed by atoms with Crippen molar-refractivity contribution in [3.05, 3.63) is 101 Å². The van der Waals surface area contributed by atoms with Crippen molar-refractivity contribution in [1.29, 1.82) is 0 Å². The van der Waals surface area contributed by atoms with Crippen LogP contribution in [0.5, 0.6) is 0 Å². The number of nitrogens with one attached hydrogen (secondary N) is 2. The molecule has 4 aromatic carbocycles. The van der Waals surface area contributed by atoms with Crippen molar-refractivity contribution in [3.8, 4) is 10.6 Å². The molecule has 1 heterocycles. The zero-order valence-electron chi connectivity index (χ0n) is 20.7. The molecule has 1 amide bonds. The van der Waals surface area contributed by atoms with Gasteiger partial charge in [-0.3, -0.25) is 4.79 Å². The summed E-state index contributed by atoms with van der Waals surface area (Å²) < 4.78 is 28.4. The maximum Gasteiger partial charge on any atom is 0.243 e. The minimum absolute atomic E-state index is 0.0962. The van der Waals surface area contributed by atoms with Crippen molar-refractivity contribution in [2.75, 3.05) is 17.2 Å². The van der Waals surface area contributed by atoms with Gasteiger partial charge in [0.15, 0.2) is 0 Å². The second kappa shape index (κ2) is 10.7. The Morgan fingerprint density at radius 3 is 2.34 bits per heavy atom. The first kappa shape index (κ1) is 26.1. The van der Waals surface area contributed by atoms with Crippen molar-refractivity contribution in [2.24, 2.45) is 0 Å². The van der Waals surface area contributed by atoms with E-state index >= 15 is 0 Å². The van der Waals surface area contributed by atoms with Gasteiger partial charge >= 0.3 is 0 Å². The van der Waals surface area contributed by atoms with Gasteiger partial charge in [0.25, 0.3) is 0 Å². The summed E-state index contributed by atoms with van der Waals surface area (Å²) in [4.78, 5) is 17.7. The Balaban J connectivity index is 1.27. The summed E-state index contributed by atoms with van der Waals surface area (Å²) in [5.74, 6) is -0.296.